The number of aromatic nitrogens is 4. The summed E-state index contributed by atoms with van der Waals surface area (Å²) in [6.07, 6.45) is 1.77. The predicted molar refractivity (Wildman–Crippen MR) is 85.2 cm³/mol. The fraction of sp³-hybridized carbons (Fsp3) is 0.200. The van der Waals surface area contributed by atoms with E-state index in [9.17, 15) is 4.79 Å². The zero-order valence-electron chi connectivity index (χ0n) is 13.0. The Morgan fingerprint density at radius 2 is 1.91 bits per heavy atom. The van der Waals surface area contributed by atoms with Crippen LogP contribution < -0.4 is 10.2 Å². The number of rotatable bonds is 4. The Kier molecular flexibility index (Phi) is 3.80. The molecule has 0 aliphatic rings. The highest BCUT2D eigenvalue weighted by atomic mass is 16.4. The molecule has 1 aromatic carbocycles. The van der Waals surface area contributed by atoms with Gasteiger partial charge in [-0.05, 0) is 30.3 Å². The standard InChI is InChI=1S/C15H16N6O2/c1-20(2)11-6-4-10(5-7-11)13(22)16-15-18-17-14(23-15)12-8-9-21(3)19-12/h4-9H,1-3H3,(H,16,18,22). The van der Waals surface area contributed by atoms with Crippen molar-refractivity contribution in [2.75, 3.05) is 24.3 Å². The number of hydrogen-bond donors (Lipinski definition) is 1. The Hall–Kier alpha value is -3.16. The Morgan fingerprint density at radius 3 is 2.52 bits per heavy atom. The molecule has 0 spiro atoms. The van der Waals surface area contributed by atoms with Gasteiger partial charge in [-0.15, -0.1) is 5.10 Å². The number of benzene rings is 1. The Balaban J connectivity index is 1.72. The van der Waals surface area contributed by atoms with Crippen molar-refractivity contribution < 1.29 is 9.21 Å². The molecule has 3 aromatic rings. The van der Waals surface area contributed by atoms with Gasteiger partial charge in [-0.3, -0.25) is 14.8 Å². The average Bonchev–Trinajstić information content (AvgIpc) is 3.16. The molecule has 2 heterocycles. The maximum Gasteiger partial charge on any atom is 0.322 e. The van der Waals surface area contributed by atoms with Crippen LogP contribution in [0.15, 0.2) is 40.9 Å². The molecule has 1 amide bonds. The van der Waals surface area contributed by atoms with Crippen LogP contribution in [-0.2, 0) is 7.05 Å². The lowest BCUT2D eigenvalue weighted by molar-refractivity contribution is 0.102. The highest BCUT2D eigenvalue weighted by Crippen LogP contribution is 2.18. The van der Waals surface area contributed by atoms with Gasteiger partial charge in [-0.1, -0.05) is 5.10 Å². The quantitative estimate of drug-likeness (QED) is 0.790. The van der Waals surface area contributed by atoms with Gasteiger partial charge < -0.3 is 9.32 Å². The number of hydrogen-bond acceptors (Lipinski definition) is 6. The molecule has 0 aliphatic carbocycles. The number of carbonyl (C=O) groups excluding carboxylic acids is 1. The van der Waals surface area contributed by atoms with Crippen molar-refractivity contribution in [3.05, 3.63) is 42.1 Å². The largest absolute Gasteiger partial charge is 0.401 e. The van der Waals surface area contributed by atoms with Crippen LogP contribution in [0.1, 0.15) is 10.4 Å². The molecule has 0 unspecified atom stereocenters. The van der Waals surface area contributed by atoms with E-state index in [1.165, 1.54) is 0 Å². The molecule has 0 aliphatic heterocycles. The van der Waals surface area contributed by atoms with E-state index in [0.717, 1.165) is 5.69 Å². The number of aryl methyl sites for hydroxylation is 1. The van der Waals surface area contributed by atoms with Crippen molar-refractivity contribution in [2.45, 2.75) is 0 Å². The monoisotopic (exact) mass is 312 g/mol. The fourth-order valence-electron chi connectivity index (χ4n) is 1.99. The summed E-state index contributed by atoms with van der Waals surface area (Å²) in [6.45, 7) is 0. The van der Waals surface area contributed by atoms with Gasteiger partial charge in [0.1, 0.15) is 5.69 Å². The van der Waals surface area contributed by atoms with Crippen LogP contribution in [0.3, 0.4) is 0 Å². The molecule has 0 saturated carbocycles. The molecule has 0 atom stereocenters. The lowest BCUT2D eigenvalue weighted by atomic mass is 10.2. The first kappa shape index (κ1) is 14.8. The summed E-state index contributed by atoms with van der Waals surface area (Å²) in [5.41, 5.74) is 2.07. The minimum Gasteiger partial charge on any atom is -0.401 e. The van der Waals surface area contributed by atoms with Crippen molar-refractivity contribution in [3.8, 4) is 11.6 Å². The zero-order chi connectivity index (χ0) is 16.4. The normalized spacial score (nSPS) is 10.6. The van der Waals surface area contributed by atoms with Gasteiger partial charge in [-0.25, -0.2) is 0 Å². The van der Waals surface area contributed by atoms with Crippen molar-refractivity contribution in [1.82, 2.24) is 20.0 Å². The summed E-state index contributed by atoms with van der Waals surface area (Å²) in [5, 5.41) is 14.4. The van der Waals surface area contributed by atoms with Crippen LogP contribution in [0.5, 0.6) is 0 Å². The fourth-order valence-corrected chi connectivity index (χ4v) is 1.99. The van der Waals surface area contributed by atoms with Crippen LogP contribution in [-0.4, -0.2) is 40.0 Å². The van der Waals surface area contributed by atoms with Gasteiger partial charge in [0.15, 0.2) is 0 Å². The van der Waals surface area contributed by atoms with Crippen LogP contribution in [0, 0.1) is 0 Å². The first-order chi connectivity index (χ1) is 11.0. The number of nitrogens with zero attached hydrogens (tertiary/aromatic N) is 5. The van der Waals surface area contributed by atoms with Gasteiger partial charge in [0.05, 0.1) is 0 Å². The third kappa shape index (κ3) is 3.20. The van der Waals surface area contributed by atoms with E-state index in [1.54, 1.807) is 36.1 Å². The summed E-state index contributed by atoms with van der Waals surface area (Å²) < 4.78 is 7.03. The van der Waals surface area contributed by atoms with E-state index in [0.29, 0.717) is 11.3 Å². The first-order valence-corrected chi connectivity index (χ1v) is 6.95. The number of carbonyl (C=O) groups is 1. The highest BCUT2D eigenvalue weighted by Gasteiger charge is 2.14. The third-order valence-electron chi connectivity index (χ3n) is 3.22. The molecule has 118 valence electrons. The number of nitrogens with one attached hydrogen (secondary N) is 1. The molecule has 0 fully saturated rings. The topological polar surface area (TPSA) is 89.1 Å². The van der Waals surface area contributed by atoms with Crippen molar-refractivity contribution in [1.29, 1.82) is 0 Å². The van der Waals surface area contributed by atoms with Gasteiger partial charge in [0.25, 0.3) is 11.8 Å². The third-order valence-corrected chi connectivity index (χ3v) is 3.22. The average molecular weight is 312 g/mol. The minimum absolute atomic E-state index is 0.0346. The van der Waals surface area contributed by atoms with Crippen LogP contribution in [0.2, 0.25) is 0 Å². The SMILES string of the molecule is CN(C)c1ccc(C(=O)Nc2nnc(-c3ccn(C)n3)o2)cc1. The molecule has 3 rings (SSSR count). The van der Waals surface area contributed by atoms with Crippen molar-refractivity contribution in [2.24, 2.45) is 7.05 Å². The molecule has 8 nitrogen and oxygen atoms in total. The molecule has 0 bridgehead atoms. The second kappa shape index (κ2) is 5.91. The van der Waals surface area contributed by atoms with E-state index in [4.69, 9.17) is 4.42 Å². The highest BCUT2D eigenvalue weighted by molar-refractivity contribution is 6.03. The summed E-state index contributed by atoms with van der Waals surface area (Å²) in [5.74, 6) is -0.0598. The lowest BCUT2D eigenvalue weighted by Gasteiger charge is -2.12. The molecule has 2 aromatic heterocycles. The zero-order valence-corrected chi connectivity index (χ0v) is 13.0. The van der Waals surface area contributed by atoms with E-state index in [2.05, 4.69) is 20.6 Å². The maximum atomic E-state index is 12.2. The van der Waals surface area contributed by atoms with Crippen LogP contribution >= 0.6 is 0 Å². The molecule has 23 heavy (non-hydrogen) atoms. The van der Waals surface area contributed by atoms with E-state index in [1.807, 2.05) is 31.1 Å². The summed E-state index contributed by atoms with van der Waals surface area (Å²) in [6, 6.07) is 8.98. The Labute approximate surface area is 132 Å². The van der Waals surface area contributed by atoms with Crippen LogP contribution in [0.25, 0.3) is 11.6 Å². The molecule has 1 N–H and O–H groups in total. The first-order valence-electron chi connectivity index (χ1n) is 6.95. The maximum absolute atomic E-state index is 12.2. The summed E-state index contributed by atoms with van der Waals surface area (Å²) >= 11 is 0. The smallest absolute Gasteiger partial charge is 0.322 e. The Bertz CT molecular complexity index is 819. The molecule has 8 heteroatoms. The van der Waals surface area contributed by atoms with Gasteiger partial charge in [0.2, 0.25) is 0 Å². The van der Waals surface area contributed by atoms with E-state index in [-0.39, 0.29) is 17.8 Å². The van der Waals surface area contributed by atoms with E-state index >= 15 is 0 Å². The molecular weight excluding hydrogens is 296 g/mol. The Morgan fingerprint density at radius 1 is 1.17 bits per heavy atom. The number of anilines is 2. The second-order valence-corrected chi connectivity index (χ2v) is 5.18. The summed E-state index contributed by atoms with van der Waals surface area (Å²) in [7, 11) is 5.67. The van der Waals surface area contributed by atoms with E-state index < -0.39 is 0 Å². The predicted octanol–water partition coefficient (Wildman–Crippen LogP) is 1.79. The molecular formula is C15H16N6O2. The van der Waals surface area contributed by atoms with Crippen LogP contribution in [0.4, 0.5) is 11.7 Å². The minimum atomic E-state index is -0.313. The molecule has 0 saturated heterocycles. The van der Waals surface area contributed by atoms with Gasteiger partial charge in [0, 0.05) is 38.6 Å². The molecule has 0 radical (unpaired) electrons. The number of amides is 1. The van der Waals surface area contributed by atoms with Crippen molar-refractivity contribution in [3.63, 3.8) is 0 Å². The van der Waals surface area contributed by atoms with Gasteiger partial charge >= 0.3 is 6.01 Å². The van der Waals surface area contributed by atoms with Crippen molar-refractivity contribution >= 4 is 17.6 Å². The lowest BCUT2D eigenvalue weighted by Crippen LogP contribution is -2.13. The second-order valence-electron chi connectivity index (χ2n) is 5.18. The van der Waals surface area contributed by atoms with Gasteiger partial charge in [-0.2, -0.15) is 5.10 Å². The summed E-state index contributed by atoms with van der Waals surface area (Å²) in [4.78, 5) is 14.1.